The van der Waals surface area contributed by atoms with Gasteiger partial charge in [0.1, 0.15) is 5.75 Å². The molecule has 0 aromatic heterocycles. The molecule has 20 heavy (non-hydrogen) atoms. The maximum atomic E-state index is 6.43. The molecule has 0 saturated carbocycles. The molecule has 0 amide bonds. The number of aryl methyl sites for hydroxylation is 1. The van der Waals surface area contributed by atoms with Crippen molar-refractivity contribution in [2.45, 2.75) is 32.4 Å². The van der Waals surface area contributed by atoms with Crippen molar-refractivity contribution in [3.05, 3.63) is 29.3 Å². The third kappa shape index (κ3) is 3.51. The van der Waals surface area contributed by atoms with Crippen molar-refractivity contribution in [2.75, 3.05) is 33.4 Å². The van der Waals surface area contributed by atoms with Crippen LogP contribution in [0.5, 0.6) is 5.75 Å². The average molecular weight is 278 g/mol. The van der Waals surface area contributed by atoms with E-state index >= 15 is 0 Å². The number of hydrogen-bond donors (Lipinski definition) is 1. The first-order valence-corrected chi connectivity index (χ1v) is 7.39. The smallest absolute Gasteiger partial charge is 0.119 e. The van der Waals surface area contributed by atoms with E-state index in [1.165, 1.54) is 6.42 Å². The van der Waals surface area contributed by atoms with Crippen LogP contribution >= 0.6 is 0 Å². The SMILES string of the molecule is CCCN1CCOC(C(N)c2ccc(OC)cc2C)C1. The van der Waals surface area contributed by atoms with Crippen LogP contribution in [0.15, 0.2) is 18.2 Å². The third-order valence-corrected chi connectivity index (χ3v) is 3.95. The molecular weight excluding hydrogens is 252 g/mol. The summed E-state index contributed by atoms with van der Waals surface area (Å²) in [6.07, 6.45) is 1.24. The Bertz CT molecular complexity index is 434. The van der Waals surface area contributed by atoms with E-state index in [2.05, 4.69) is 24.8 Å². The molecule has 1 aliphatic heterocycles. The van der Waals surface area contributed by atoms with Crippen LogP contribution in [0, 0.1) is 6.92 Å². The molecule has 0 spiro atoms. The van der Waals surface area contributed by atoms with E-state index in [-0.39, 0.29) is 12.1 Å². The van der Waals surface area contributed by atoms with Crippen molar-refractivity contribution in [1.82, 2.24) is 4.90 Å². The second kappa shape index (κ2) is 7.07. The zero-order valence-corrected chi connectivity index (χ0v) is 12.8. The molecule has 1 heterocycles. The molecular formula is C16H26N2O2. The van der Waals surface area contributed by atoms with Crippen molar-refractivity contribution >= 4 is 0 Å². The average Bonchev–Trinajstić information content (AvgIpc) is 2.47. The predicted molar refractivity (Wildman–Crippen MR) is 81.1 cm³/mol. The molecule has 1 fully saturated rings. The van der Waals surface area contributed by atoms with E-state index in [4.69, 9.17) is 15.2 Å². The van der Waals surface area contributed by atoms with Gasteiger partial charge in [-0.2, -0.15) is 0 Å². The van der Waals surface area contributed by atoms with Crippen LogP contribution in [0.1, 0.15) is 30.5 Å². The van der Waals surface area contributed by atoms with Crippen molar-refractivity contribution in [1.29, 1.82) is 0 Å². The quantitative estimate of drug-likeness (QED) is 0.896. The molecule has 4 nitrogen and oxygen atoms in total. The monoisotopic (exact) mass is 278 g/mol. The van der Waals surface area contributed by atoms with Gasteiger partial charge in [-0.05, 0) is 43.1 Å². The van der Waals surface area contributed by atoms with Crippen LogP contribution in [0.25, 0.3) is 0 Å². The number of rotatable bonds is 5. The molecule has 4 heteroatoms. The molecule has 2 rings (SSSR count). The van der Waals surface area contributed by atoms with Gasteiger partial charge in [-0.3, -0.25) is 4.90 Å². The summed E-state index contributed by atoms with van der Waals surface area (Å²) < 4.78 is 11.1. The summed E-state index contributed by atoms with van der Waals surface area (Å²) in [6, 6.07) is 5.97. The van der Waals surface area contributed by atoms with E-state index in [0.29, 0.717) is 0 Å². The van der Waals surface area contributed by atoms with Gasteiger partial charge in [-0.15, -0.1) is 0 Å². The number of benzene rings is 1. The Morgan fingerprint density at radius 1 is 1.50 bits per heavy atom. The summed E-state index contributed by atoms with van der Waals surface area (Å²) in [4.78, 5) is 2.44. The fourth-order valence-electron chi connectivity index (χ4n) is 2.82. The highest BCUT2D eigenvalue weighted by Gasteiger charge is 2.27. The summed E-state index contributed by atoms with van der Waals surface area (Å²) in [5, 5.41) is 0. The van der Waals surface area contributed by atoms with E-state index in [1.807, 2.05) is 12.1 Å². The van der Waals surface area contributed by atoms with Gasteiger partial charge in [0.2, 0.25) is 0 Å². The molecule has 1 saturated heterocycles. The summed E-state index contributed by atoms with van der Waals surface area (Å²) in [7, 11) is 1.68. The van der Waals surface area contributed by atoms with Crippen molar-refractivity contribution < 1.29 is 9.47 Å². The second-order valence-electron chi connectivity index (χ2n) is 5.46. The highest BCUT2D eigenvalue weighted by molar-refractivity contribution is 5.37. The van der Waals surface area contributed by atoms with Gasteiger partial charge in [-0.25, -0.2) is 0 Å². The topological polar surface area (TPSA) is 47.7 Å². The minimum Gasteiger partial charge on any atom is -0.497 e. The van der Waals surface area contributed by atoms with Gasteiger partial charge in [0.25, 0.3) is 0 Å². The molecule has 0 radical (unpaired) electrons. The number of morpholine rings is 1. The highest BCUT2D eigenvalue weighted by Crippen LogP contribution is 2.26. The van der Waals surface area contributed by atoms with E-state index < -0.39 is 0 Å². The maximum Gasteiger partial charge on any atom is 0.119 e. The maximum absolute atomic E-state index is 6.43. The number of ether oxygens (including phenoxy) is 2. The largest absolute Gasteiger partial charge is 0.497 e. The molecule has 112 valence electrons. The normalized spacial score (nSPS) is 21.7. The zero-order valence-electron chi connectivity index (χ0n) is 12.8. The Balaban J connectivity index is 2.08. The van der Waals surface area contributed by atoms with E-state index in [1.54, 1.807) is 7.11 Å². The Labute approximate surface area is 121 Å². The Kier molecular flexibility index (Phi) is 5.40. The number of nitrogens with two attached hydrogens (primary N) is 1. The highest BCUT2D eigenvalue weighted by atomic mass is 16.5. The predicted octanol–water partition coefficient (Wildman–Crippen LogP) is 2.11. The molecule has 2 N–H and O–H groups in total. The molecule has 0 bridgehead atoms. The van der Waals surface area contributed by atoms with Gasteiger partial charge in [-0.1, -0.05) is 13.0 Å². The summed E-state index contributed by atoms with van der Waals surface area (Å²) >= 11 is 0. The van der Waals surface area contributed by atoms with Crippen LogP contribution in [0.2, 0.25) is 0 Å². The molecule has 0 aliphatic carbocycles. The molecule has 1 aliphatic rings. The van der Waals surface area contributed by atoms with Gasteiger partial charge in [0.15, 0.2) is 0 Å². The number of nitrogens with zero attached hydrogens (tertiary/aromatic N) is 1. The van der Waals surface area contributed by atoms with Crippen LogP contribution in [0.3, 0.4) is 0 Å². The van der Waals surface area contributed by atoms with Crippen LogP contribution in [-0.4, -0.2) is 44.4 Å². The van der Waals surface area contributed by atoms with Gasteiger partial charge in [0.05, 0.1) is 25.9 Å². The number of methoxy groups -OCH3 is 1. The minimum atomic E-state index is -0.0828. The van der Waals surface area contributed by atoms with Crippen LogP contribution in [0.4, 0.5) is 0 Å². The van der Waals surface area contributed by atoms with Gasteiger partial charge >= 0.3 is 0 Å². The molecule has 2 unspecified atom stereocenters. The fraction of sp³-hybridized carbons (Fsp3) is 0.625. The lowest BCUT2D eigenvalue weighted by Gasteiger charge is -2.36. The van der Waals surface area contributed by atoms with E-state index in [9.17, 15) is 0 Å². The Morgan fingerprint density at radius 2 is 2.30 bits per heavy atom. The summed E-state index contributed by atoms with van der Waals surface area (Å²) in [5.41, 5.74) is 8.74. The van der Waals surface area contributed by atoms with Crippen molar-refractivity contribution in [3.8, 4) is 5.75 Å². The van der Waals surface area contributed by atoms with Crippen LogP contribution in [-0.2, 0) is 4.74 Å². The lowest BCUT2D eigenvalue weighted by atomic mass is 9.96. The lowest BCUT2D eigenvalue weighted by molar-refractivity contribution is -0.0408. The zero-order chi connectivity index (χ0) is 14.5. The lowest BCUT2D eigenvalue weighted by Crippen LogP contribution is -2.47. The molecule has 1 aromatic carbocycles. The van der Waals surface area contributed by atoms with Crippen LogP contribution < -0.4 is 10.5 Å². The Morgan fingerprint density at radius 3 is 2.95 bits per heavy atom. The van der Waals surface area contributed by atoms with Crippen molar-refractivity contribution in [3.63, 3.8) is 0 Å². The summed E-state index contributed by atoms with van der Waals surface area (Å²) in [6.45, 7) is 8.10. The molecule has 2 atom stereocenters. The second-order valence-corrected chi connectivity index (χ2v) is 5.46. The fourth-order valence-corrected chi connectivity index (χ4v) is 2.82. The third-order valence-electron chi connectivity index (χ3n) is 3.95. The Hall–Kier alpha value is -1.10. The first kappa shape index (κ1) is 15.3. The standard InChI is InChI=1S/C16H26N2O2/c1-4-7-18-8-9-20-15(11-18)16(17)14-6-5-13(19-3)10-12(14)2/h5-6,10,15-16H,4,7-9,11,17H2,1-3H3. The van der Waals surface area contributed by atoms with E-state index in [0.717, 1.165) is 43.1 Å². The first-order valence-electron chi connectivity index (χ1n) is 7.39. The van der Waals surface area contributed by atoms with Crippen molar-refractivity contribution in [2.24, 2.45) is 5.73 Å². The molecule has 1 aromatic rings. The number of hydrogen-bond acceptors (Lipinski definition) is 4. The summed E-state index contributed by atoms with van der Waals surface area (Å²) in [5.74, 6) is 0.871. The minimum absolute atomic E-state index is 0.0717. The van der Waals surface area contributed by atoms with Gasteiger partial charge in [0, 0.05) is 13.1 Å². The van der Waals surface area contributed by atoms with Gasteiger partial charge < -0.3 is 15.2 Å². The first-order chi connectivity index (χ1) is 9.65.